The van der Waals surface area contributed by atoms with E-state index in [1.54, 1.807) is 69.5 Å². The maximum Gasteiger partial charge on any atom is 0.329 e. The second kappa shape index (κ2) is 14.6. The van der Waals surface area contributed by atoms with E-state index in [0.717, 1.165) is 10.6 Å². The molecule has 8 nitrogen and oxygen atoms in total. The van der Waals surface area contributed by atoms with Crippen LogP contribution < -0.4 is 5.32 Å². The first-order chi connectivity index (χ1) is 20.1. The zero-order valence-electron chi connectivity index (χ0n) is 24.1. The van der Waals surface area contributed by atoms with Crippen LogP contribution in [-0.2, 0) is 27.4 Å². The number of nitrogens with zero attached hydrogens (tertiary/aromatic N) is 3. The molecule has 0 aliphatic rings. The van der Waals surface area contributed by atoms with Crippen LogP contribution in [0.5, 0.6) is 0 Å². The summed E-state index contributed by atoms with van der Waals surface area (Å²) in [5.41, 5.74) is 1.76. The number of thiazole rings is 1. The third-order valence-electron chi connectivity index (χ3n) is 6.20. The highest BCUT2D eigenvalue weighted by Crippen LogP contribution is 2.28. The fourth-order valence-electron chi connectivity index (χ4n) is 4.22. The van der Waals surface area contributed by atoms with Gasteiger partial charge in [-0.1, -0.05) is 18.2 Å². The van der Waals surface area contributed by atoms with Gasteiger partial charge in [0.15, 0.2) is 0 Å². The highest BCUT2D eigenvalue weighted by atomic mass is 32.2. The smallest absolute Gasteiger partial charge is 0.329 e. The second-order valence-corrected chi connectivity index (χ2v) is 12.6. The highest BCUT2D eigenvalue weighted by molar-refractivity contribution is 7.98. The topological polar surface area (TPSA) is 95.3 Å². The van der Waals surface area contributed by atoms with Gasteiger partial charge in [-0.3, -0.25) is 4.79 Å². The van der Waals surface area contributed by atoms with Crippen molar-refractivity contribution >= 4 is 35.0 Å². The van der Waals surface area contributed by atoms with Gasteiger partial charge in [-0.2, -0.15) is 11.8 Å². The van der Waals surface area contributed by atoms with Crippen molar-refractivity contribution in [3.8, 4) is 11.1 Å². The number of amides is 1. The summed E-state index contributed by atoms with van der Waals surface area (Å²) in [7, 11) is 0. The zero-order chi connectivity index (χ0) is 30.1. The van der Waals surface area contributed by atoms with E-state index >= 15 is 0 Å². The van der Waals surface area contributed by atoms with E-state index in [0.29, 0.717) is 35.4 Å². The molecule has 222 valence electrons. The average molecular weight is 611 g/mol. The first-order valence-electron chi connectivity index (χ1n) is 13.5. The third-order valence-corrected chi connectivity index (χ3v) is 7.72. The maximum absolute atomic E-state index is 13.8. The van der Waals surface area contributed by atoms with Gasteiger partial charge in [0.05, 0.1) is 19.5 Å². The summed E-state index contributed by atoms with van der Waals surface area (Å²) >= 11 is 3.10. The lowest BCUT2D eigenvalue weighted by molar-refractivity contribution is -0.157. The van der Waals surface area contributed by atoms with Crippen LogP contribution in [0.15, 0.2) is 72.8 Å². The van der Waals surface area contributed by atoms with Gasteiger partial charge in [-0.25, -0.2) is 19.2 Å². The van der Waals surface area contributed by atoms with Gasteiger partial charge in [0.2, 0.25) is 0 Å². The molecule has 0 fully saturated rings. The van der Waals surface area contributed by atoms with E-state index in [2.05, 4.69) is 15.3 Å². The Morgan fingerprint density at radius 1 is 1.14 bits per heavy atom. The van der Waals surface area contributed by atoms with Gasteiger partial charge in [-0.15, -0.1) is 11.3 Å². The van der Waals surface area contributed by atoms with E-state index in [4.69, 9.17) is 9.47 Å². The van der Waals surface area contributed by atoms with Crippen LogP contribution >= 0.6 is 23.1 Å². The lowest BCUT2D eigenvalue weighted by atomic mass is 9.96. The molecule has 0 aliphatic heterocycles. The molecule has 1 amide bonds. The number of thioether (sulfide) groups is 1. The minimum atomic E-state index is -0.810. The van der Waals surface area contributed by atoms with E-state index in [1.165, 1.54) is 23.5 Å². The van der Waals surface area contributed by atoms with Gasteiger partial charge < -0.3 is 19.4 Å². The van der Waals surface area contributed by atoms with Gasteiger partial charge in [-0.05, 0) is 80.2 Å². The molecule has 2 aromatic heterocycles. The Morgan fingerprint density at radius 2 is 1.93 bits per heavy atom. The number of ether oxygens (including phenoxy) is 2. The number of halogens is 1. The Balaban J connectivity index is 1.59. The molecule has 0 spiro atoms. The van der Waals surface area contributed by atoms with Gasteiger partial charge in [0, 0.05) is 29.5 Å². The number of carbonyl (C=O) groups is 2. The van der Waals surface area contributed by atoms with Crippen LogP contribution in [0.3, 0.4) is 0 Å². The number of benzene rings is 2. The second-order valence-electron chi connectivity index (χ2n) is 10.7. The summed E-state index contributed by atoms with van der Waals surface area (Å²) in [5.74, 6) is -0.606. The largest absolute Gasteiger partial charge is 0.458 e. The number of carbonyl (C=O) groups excluding carboxylic acids is 2. The van der Waals surface area contributed by atoms with Crippen LogP contribution in [0.4, 0.5) is 4.39 Å². The monoisotopic (exact) mass is 610 g/mol. The Labute approximate surface area is 253 Å². The normalized spacial score (nSPS) is 13.0. The quantitative estimate of drug-likeness (QED) is 0.178. The fraction of sp³-hybridized carbons (Fsp3) is 0.355. The van der Waals surface area contributed by atoms with E-state index < -0.39 is 23.5 Å². The summed E-state index contributed by atoms with van der Waals surface area (Å²) in [4.78, 5) is 35.1. The van der Waals surface area contributed by atoms with Crippen molar-refractivity contribution in [3.05, 3.63) is 94.7 Å². The molecular weight excluding hydrogens is 575 g/mol. The van der Waals surface area contributed by atoms with Crippen molar-refractivity contribution < 1.29 is 23.5 Å². The first-order valence-corrected chi connectivity index (χ1v) is 15.8. The number of aromatic nitrogens is 3. The SMILES string of the molecule is CSCC[C@H](NC(=O)c1ccc(COC(Cn2ccnc2)c2nccs2)cc1-c1ccc(F)cc1)C(=O)OC(C)(C)C. The number of hydrogen-bond acceptors (Lipinski definition) is 8. The zero-order valence-corrected chi connectivity index (χ0v) is 25.7. The van der Waals surface area contributed by atoms with Crippen molar-refractivity contribution in [2.24, 2.45) is 0 Å². The summed E-state index contributed by atoms with van der Waals surface area (Å²) in [6.45, 7) is 6.17. The van der Waals surface area contributed by atoms with Crippen molar-refractivity contribution in [1.82, 2.24) is 19.9 Å². The molecule has 0 aliphatic carbocycles. The number of rotatable bonds is 13. The van der Waals surface area contributed by atoms with Crippen LogP contribution in [0.2, 0.25) is 0 Å². The molecule has 0 saturated carbocycles. The summed E-state index contributed by atoms with van der Waals surface area (Å²) in [5, 5.41) is 5.63. The molecule has 0 radical (unpaired) electrons. The molecule has 4 aromatic rings. The molecule has 11 heteroatoms. The van der Waals surface area contributed by atoms with E-state index in [-0.39, 0.29) is 18.5 Å². The predicted molar refractivity (Wildman–Crippen MR) is 164 cm³/mol. The number of hydrogen-bond donors (Lipinski definition) is 1. The predicted octanol–water partition coefficient (Wildman–Crippen LogP) is 6.30. The van der Waals surface area contributed by atoms with Gasteiger partial charge in [0.25, 0.3) is 5.91 Å². The van der Waals surface area contributed by atoms with Crippen LogP contribution in [0, 0.1) is 5.82 Å². The molecular formula is C31H35FN4O4S2. The molecule has 2 aromatic carbocycles. The number of nitrogens with one attached hydrogen (secondary N) is 1. The molecule has 1 unspecified atom stereocenters. The van der Waals surface area contributed by atoms with Gasteiger partial charge >= 0.3 is 5.97 Å². The maximum atomic E-state index is 13.8. The molecule has 2 atom stereocenters. The molecule has 4 rings (SSSR count). The van der Waals surface area contributed by atoms with Crippen LogP contribution in [0.25, 0.3) is 11.1 Å². The summed E-state index contributed by atoms with van der Waals surface area (Å²) in [6, 6.07) is 10.5. The lowest BCUT2D eigenvalue weighted by Gasteiger charge is -2.25. The summed E-state index contributed by atoms with van der Waals surface area (Å²) in [6.07, 6.45) is 9.12. The van der Waals surface area contributed by atoms with Crippen molar-refractivity contribution in [2.45, 2.75) is 58.1 Å². The van der Waals surface area contributed by atoms with Crippen LogP contribution in [0.1, 0.15) is 54.2 Å². The fourth-order valence-corrected chi connectivity index (χ4v) is 5.37. The Hall–Kier alpha value is -3.54. The van der Waals surface area contributed by atoms with Crippen molar-refractivity contribution in [3.63, 3.8) is 0 Å². The molecule has 2 heterocycles. The highest BCUT2D eigenvalue weighted by Gasteiger charge is 2.28. The molecule has 0 saturated heterocycles. The third kappa shape index (κ3) is 8.98. The Morgan fingerprint density at radius 3 is 2.57 bits per heavy atom. The number of imidazole rings is 1. The number of esters is 1. The van der Waals surface area contributed by atoms with Crippen molar-refractivity contribution in [1.29, 1.82) is 0 Å². The average Bonchev–Trinajstić information content (AvgIpc) is 3.67. The first kappa shape index (κ1) is 31.4. The molecule has 0 bridgehead atoms. The molecule has 1 N–H and O–H groups in total. The molecule has 42 heavy (non-hydrogen) atoms. The lowest BCUT2D eigenvalue weighted by Crippen LogP contribution is -2.44. The van der Waals surface area contributed by atoms with Crippen molar-refractivity contribution in [2.75, 3.05) is 12.0 Å². The minimum absolute atomic E-state index is 0.253. The summed E-state index contributed by atoms with van der Waals surface area (Å²) < 4.78 is 27.6. The Bertz CT molecular complexity index is 1440. The van der Waals surface area contributed by atoms with Crippen LogP contribution in [-0.4, -0.2) is 50.1 Å². The minimum Gasteiger partial charge on any atom is -0.458 e. The standard InChI is InChI=1S/C31H35FN4O4S2/c1-31(2,3)40-30(38)26(11-15-41-4)35-28(37)24-10-5-21(17-25(24)22-6-8-23(32)9-7-22)19-39-27(29-34-13-16-42-29)18-36-14-12-33-20-36/h5-10,12-14,16-17,20,26-27H,11,15,18-19H2,1-4H3,(H,35,37)/t26-,27?/m0/s1. The van der Waals surface area contributed by atoms with Gasteiger partial charge in [0.1, 0.15) is 28.6 Å². The Kier molecular flexibility index (Phi) is 10.9. The van der Waals surface area contributed by atoms with E-state index in [9.17, 15) is 14.0 Å². The van der Waals surface area contributed by atoms with E-state index in [1.807, 2.05) is 34.5 Å².